The lowest BCUT2D eigenvalue weighted by Crippen LogP contribution is -2.12. The molecule has 0 radical (unpaired) electrons. The van der Waals surface area contributed by atoms with Crippen LogP contribution in [0, 0.1) is 5.92 Å². The lowest BCUT2D eigenvalue weighted by molar-refractivity contribution is 0.102. The Labute approximate surface area is 138 Å². The summed E-state index contributed by atoms with van der Waals surface area (Å²) in [5, 5.41) is 2.93. The number of hydrogen-bond acceptors (Lipinski definition) is 2. The quantitative estimate of drug-likeness (QED) is 0.816. The minimum atomic E-state index is -0.122. The van der Waals surface area contributed by atoms with Crippen molar-refractivity contribution in [2.45, 2.75) is 19.4 Å². The first-order chi connectivity index (χ1) is 10.7. The third kappa shape index (κ3) is 4.18. The molecule has 1 N–H and O–H groups in total. The van der Waals surface area contributed by atoms with Crippen LogP contribution in [0.2, 0.25) is 0 Å². The van der Waals surface area contributed by atoms with Gasteiger partial charge in [-0.15, -0.1) is 0 Å². The van der Waals surface area contributed by atoms with Crippen LogP contribution in [0.15, 0.2) is 53.0 Å². The average Bonchev–Trinajstić information content (AvgIpc) is 3.32. The minimum Gasteiger partial charge on any atom is -0.376 e. The van der Waals surface area contributed by atoms with Gasteiger partial charge in [0.2, 0.25) is 0 Å². The van der Waals surface area contributed by atoms with Crippen molar-refractivity contribution in [2.75, 3.05) is 11.9 Å². The van der Waals surface area contributed by atoms with Gasteiger partial charge in [-0.25, -0.2) is 0 Å². The molecule has 22 heavy (non-hydrogen) atoms. The van der Waals surface area contributed by atoms with Crippen LogP contribution in [0.1, 0.15) is 28.8 Å². The molecule has 0 unspecified atom stereocenters. The zero-order chi connectivity index (χ0) is 15.4. The van der Waals surface area contributed by atoms with E-state index >= 15 is 0 Å². The average molecular weight is 360 g/mol. The zero-order valence-electron chi connectivity index (χ0n) is 12.2. The summed E-state index contributed by atoms with van der Waals surface area (Å²) in [6.45, 7) is 1.43. The summed E-state index contributed by atoms with van der Waals surface area (Å²) in [7, 11) is 0. The maximum Gasteiger partial charge on any atom is 0.256 e. The van der Waals surface area contributed by atoms with Crippen molar-refractivity contribution in [3.05, 3.63) is 64.1 Å². The summed E-state index contributed by atoms with van der Waals surface area (Å²) in [5.74, 6) is 0.641. The summed E-state index contributed by atoms with van der Waals surface area (Å²) in [5.41, 5.74) is 2.48. The SMILES string of the molecule is O=C(Nc1cccc(COCC2CC2)c1)c1ccccc1Br. The highest BCUT2D eigenvalue weighted by molar-refractivity contribution is 9.10. The van der Waals surface area contributed by atoms with Crippen molar-refractivity contribution in [2.24, 2.45) is 5.92 Å². The van der Waals surface area contributed by atoms with E-state index in [4.69, 9.17) is 4.74 Å². The summed E-state index contributed by atoms with van der Waals surface area (Å²) in [6, 6.07) is 15.2. The normalized spacial score (nSPS) is 13.9. The number of carbonyl (C=O) groups excluding carboxylic acids is 1. The zero-order valence-corrected chi connectivity index (χ0v) is 13.8. The second-order valence-electron chi connectivity index (χ2n) is 5.59. The highest BCUT2D eigenvalue weighted by Gasteiger charge is 2.21. The molecule has 4 heteroatoms. The fourth-order valence-corrected chi connectivity index (χ4v) is 2.68. The Bertz CT molecular complexity index is 668. The molecule has 1 saturated carbocycles. The number of halogens is 1. The van der Waals surface area contributed by atoms with E-state index in [0.29, 0.717) is 12.2 Å². The third-order valence-electron chi connectivity index (χ3n) is 3.62. The van der Waals surface area contributed by atoms with Crippen LogP contribution in [-0.2, 0) is 11.3 Å². The molecule has 1 fully saturated rings. The Hall–Kier alpha value is -1.65. The van der Waals surface area contributed by atoms with Gasteiger partial charge < -0.3 is 10.1 Å². The molecule has 0 spiro atoms. The molecule has 0 saturated heterocycles. The lowest BCUT2D eigenvalue weighted by Gasteiger charge is -2.09. The Balaban J connectivity index is 1.61. The number of hydrogen-bond donors (Lipinski definition) is 1. The van der Waals surface area contributed by atoms with Gasteiger partial charge in [-0.05, 0) is 64.5 Å². The fraction of sp³-hybridized carbons (Fsp3) is 0.278. The number of anilines is 1. The van der Waals surface area contributed by atoms with E-state index < -0.39 is 0 Å². The fourth-order valence-electron chi connectivity index (χ4n) is 2.21. The molecule has 2 aromatic carbocycles. The monoisotopic (exact) mass is 359 g/mol. The Morgan fingerprint density at radius 2 is 2.00 bits per heavy atom. The van der Waals surface area contributed by atoms with Gasteiger partial charge in [-0.2, -0.15) is 0 Å². The molecular formula is C18H18BrNO2. The summed E-state index contributed by atoms with van der Waals surface area (Å²) < 4.78 is 6.48. The number of amides is 1. The summed E-state index contributed by atoms with van der Waals surface area (Å²) in [4.78, 5) is 12.3. The molecule has 114 valence electrons. The summed E-state index contributed by atoms with van der Waals surface area (Å²) >= 11 is 3.40. The molecule has 3 nitrogen and oxygen atoms in total. The van der Waals surface area contributed by atoms with Crippen molar-refractivity contribution in [1.29, 1.82) is 0 Å². The van der Waals surface area contributed by atoms with Crippen LogP contribution in [0.5, 0.6) is 0 Å². The molecule has 0 atom stereocenters. The largest absolute Gasteiger partial charge is 0.376 e. The topological polar surface area (TPSA) is 38.3 Å². The Morgan fingerprint density at radius 1 is 1.18 bits per heavy atom. The van der Waals surface area contributed by atoms with E-state index in [-0.39, 0.29) is 5.91 Å². The first kappa shape index (κ1) is 15.3. The second-order valence-corrected chi connectivity index (χ2v) is 6.45. The van der Waals surface area contributed by atoms with Crippen molar-refractivity contribution in [3.8, 4) is 0 Å². The molecule has 0 bridgehead atoms. The predicted molar refractivity (Wildman–Crippen MR) is 90.9 cm³/mol. The van der Waals surface area contributed by atoms with Gasteiger partial charge in [-0.1, -0.05) is 24.3 Å². The maximum atomic E-state index is 12.3. The van der Waals surface area contributed by atoms with Crippen LogP contribution in [0.3, 0.4) is 0 Å². The van der Waals surface area contributed by atoms with Crippen molar-refractivity contribution >= 4 is 27.5 Å². The van der Waals surface area contributed by atoms with Crippen LogP contribution >= 0.6 is 15.9 Å². The smallest absolute Gasteiger partial charge is 0.256 e. The number of rotatable bonds is 6. The third-order valence-corrected chi connectivity index (χ3v) is 4.31. The van der Waals surface area contributed by atoms with Crippen molar-refractivity contribution in [3.63, 3.8) is 0 Å². The molecule has 1 aliphatic carbocycles. The standard InChI is InChI=1S/C18H18BrNO2/c19-17-7-2-1-6-16(17)18(21)20-15-5-3-4-14(10-15)12-22-11-13-8-9-13/h1-7,10,13H,8-9,11-12H2,(H,20,21). The molecule has 1 aliphatic rings. The Morgan fingerprint density at radius 3 is 2.77 bits per heavy atom. The molecule has 2 aromatic rings. The number of ether oxygens (including phenoxy) is 1. The van der Waals surface area contributed by atoms with E-state index in [0.717, 1.165) is 28.2 Å². The highest BCUT2D eigenvalue weighted by atomic mass is 79.9. The molecule has 3 rings (SSSR count). The Kier molecular flexibility index (Phi) is 4.90. The van der Waals surface area contributed by atoms with E-state index in [2.05, 4.69) is 21.2 Å². The maximum absolute atomic E-state index is 12.3. The van der Waals surface area contributed by atoms with Crippen LogP contribution in [0.4, 0.5) is 5.69 Å². The van der Waals surface area contributed by atoms with Crippen LogP contribution < -0.4 is 5.32 Å². The van der Waals surface area contributed by atoms with Crippen molar-refractivity contribution < 1.29 is 9.53 Å². The molecular weight excluding hydrogens is 342 g/mol. The van der Waals surface area contributed by atoms with E-state index in [1.807, 2.05) is 42.5 Å². The van der Waals surface area contributed by atoms with Gasteiger partial charge >= 0.3 is 0 Å². The molecule has 0 heterocycles. The van der Waals surface area contributed by atoms with Gasteiger partial charge in [0.05, 0.1) is 12.2 Å². The van der Waals surface area contributed by atoms with Crippen LogP contribution in [0.25, 0.3) is 0 Å². The highest BCUT2D eigenvalue weighted by Crippen LogP contribution is 2.29. The van der Waals surface area contributed by atoms with Crippen LogP contribution in [-0.4, -0.2) is 12.5 Å². The first-order valence-corrected chi connectivity index (χ1v) is 8.24. The molecule has 0 aromatic heterocycles. The number of benzene rings is 2. The minimum absolute atomic E-state index is 0.122. The second kappa shape index (κ2) is 7.07. The lowest BCUT2D eigenvalue weighted by atomic mass is 10.2. The van der Waals surface area contributed by atoms with E-state index in [1.165, 1.54) is 12.8 Å². The first-order valence-electron chi connectivity index (χ1n) is 7.45. The van der Waals surface area contributed by atoms with E-state index in [1.54, 1.807) is 6.07 Å². The molecule has 1 amide bonds. The number of nitrogens with one attached hydrogen (secondary N) is 1. The van der Waals surface area contributed by atoms with Gasteiger partial charge in [0.25, 0.3) is 5.91 Å². The summed E-state index contributed by atoms with van der Waals surface area (Å²) in [6.07, 6.45) is 2.59. The van der Waals surface area contributed by atoms with Gasteiger partial charge in [0, 0.05) is 16.8 Å². The number of carbonyl (C=O) groups is 1. The van der Waals surface area contributed by atoms with Crippen molar-refractivity contribution in [1.82, 2.24) is 0 Å². The van der Waals surface area contributed by atoms with Gasteiger partial charge in [0.1, 0.15) is 0 Å². The van der Waals surface area contributed by atoms with Gasteiger partial charge in [-0.3, -0.25) is 4.79 Å². The predicted octanol–water partition coefficient (Wildman–Crippen LogP) is 4.63. The molecule has 0 aliphatic heterocycles. The van der Waals surface area contributed by atoms with Gasteiger partial charge in [0.15, 0.2) is 0 Å². The van der Waals surface area contributed by atoms with E-state index in [9.17, 15) is 4.79 Å².